The van der Waals surface area contributed by atoms with Gasteiger partial charge in [-0.05, 0) is 13.0 Å². The van der Waals surface area contributed by atoms with Crippen LogP contribution in [0.5, 0.6) is 0 Å². The van der Waals surface area contributed by atoms with E-state index in [2.05, 4.69) is 5.32 Å². The number of aryl methyl sites for hydroxylation is 1. The van der Waals surface area contributed by atoms with Gasteiger partial charge in [0.25, 0.3) is 0 Å². The van der Waals surface area contributed by atoms with Gasteiger partial charge in [-0.2, -0.15) is 0 Å². The summed E-state index contributed by atoms with van der Waals surface area (Å²) in [5.74, 6) is 0.938. The van der Waals surface area contributed by atoms with Crippen molar-refractivity contribution in [3.8, 4) is 0 Å². The van der Waals surface area contributed by atoms with Crippen LogP contribution >= 0.6 is 0 Å². The Labute approximate surface area is 62.2 Å². The van der Waals surface area contributed by atoms with Crippen LogP contribution in [-0.2, 0) is 0 Å². The first-order valence-corrected chi connectivity index (χ1v) is 3.56. The lowest BCUT2D eigenvalue weighted by molar-refractivity contribution is 0.535. The first-order valence-electron chi connectivity index (χ1n) is 3.56. The van der Waals surface area contributed by atoms with Crippen molar-refractivity contribution in [2.75, 3.05) is 12.4 Å². The van der Waals surface area contributed by atoms with Crippen LogP contribution in [0.25, 0.3) is 0 Å². The maximum atomic E-state index is 4.99. The van der Waals surface area contributed by atoms with Gasteiger partial charge in [0.15, 0.2) is 0 Å². The third-order valence-corrected chi connectivity index (χ3v) is 1.13. The van der Waals surface area contributed by atoms with Crippen molar-refractivity contribution in [3.63, 3.8) is 0 Å². The summed E-state index contributed by atoms with van der Waals surface area (Å²) in [7, 11) is 1.87. The molecule has 2 nitrogen and oxygen atoms in total. The van der Waals surface area contributed by atoms with E-state index in [9.17, 15) is 0 Å². The Morgan fingerprint density at radius 2 is 2.00 bits per heavy atom. The van der Waals surface area contributed by atoms with E-state index in [-0.39, 0.29) is 0 Å². The van der Waals surface area contributed by atoms with Crippen molar-refractivity contribution >= 4 is 5.69 Å². The molecular formula is C8H15NO. The van der Waals surface area contributed by atoms with Gasteiger partial charge in [0.1, 0.15) is 5.76 Å². The summed E-state index contributed by atoms with van der Waals surface area (Å²) >= 11 is 0. The summed E-state index contributed by atoms with van der Waals surface area (Å²) in [6.07, 6.45) is 1.67. The SMILES string of the molecule is CC.CNc1ccoc1C. The first-order chi connectivity index (χ1) is 4.84. The predicted octanol–water partition coefficient (Wildman–Crippen LogP) is 2.66. The molecule has 0 aromatic carbocycles. The predicted molar refractivity (Wildman–Crippen MR) is 44.3 cm³/mol. The highest BCUT2D eigenvalue weighted by atomic mass is 16.3. The molecule has 0 saturated carbocycles. The number of hydrogen-bond donors (Lipinski definition) is 1. The molecule has 1 rings (SSSR count). The van der Waals surface area contributed by atoms with Gasteiger partial charge in [-0.15, -0.1) is 0 Å². The Morgan fingerprint density at radius 3 is 2.20 bits per heavy atom. The van der Waals surface area contributed by atoms with Crippen LogP contribution in [0, 0.1) is 6.92 Å². The summed E-state index contributed by atoms with van der Waals surface area (Å²) in [4.78, 5) is 0. The Bertz CT molecular complexity index is 170. The molecule has 1 aromatic heterocycles. The molecule has 1 N–H and O–H groups in total. The molecule has 0 aliphatic heterocycles. The second-order valence-electron chi connectivity index (χ2n) is 1.64. The Kier molecular flexibility index (Phi) is 4.46. The van der Waals surface area contributed by atoms with E-state index in [1.54, 1.807) is 6.26 Å². The van der Waals surface area contributed by atoms with Crippen molar-refractivity contribution in [1.82, 2.24) is 0 Å². The Morgan fingerprint density at radius 1 is 1.40 bits per heavy atom. The fourth-order valence-corrected chi connectivity index (χ4v) is 0.644. The van der Waals surface area contributed by atoms with Crippen LogP contribution in [0.2, 0.25) is 0 Å². The fraction of sp³-hybridized carbons (Fsp3) is 0.500. The summed E-state index contributed by atoms with van der Waals surface area (Å²) in [6, 6.07) is 1.90. The molecule has 0 bridgehead atoms. The molecule has 0 atom stereocenters. The second kappa shape index (κ2) is 4.91. The van der Waals surface area contributed by atoms with Crippen LogP contribution in [0.4, 0.5) is 5.69 Å². The number of furan rings is 1. The van der Waals surface area contributed by atoms with E-state index < -0.39 is 0 Å². The van der Waals surface area contributed by atoms with Crippen LogP contribution in [0.1, 0.15) is 19.6 Å². The minimum absolute atomic E-state index is 0.938. The Hall–Kier alpha value is -0.920. The highest BCUT2D eigenvalue weighted by Gasteiger charge is 1.93. The number of hydrogen-bond acceptors (Lipinski definition) is 2. The third-order valence-electron chi connectivity index (χ3n) is 1.13. The molecule has 0 spiro atoms. The third kappa shape index (κ3) is 2.13. The lowest BCUT2D eigenvalue weighted by atomic mass is 10.4. The monoisotopic (exact) mass is 141 g/mol. The smallest absolute Gasteiger partial charge is 0.123 e. The van der Waals surface area contributed by atoms with Gasteiger partial charge in [0.2, 0.25) is 0 Å². The van der Waals surface area contributed by atoms with Crippen molar-refractivity contribution in [1.29, 1.82) is 0 Å². The maximum absolute atomic E-state index is 4.99. The standard InChI is InChI=1S/C6H9NO.C2H6/c1-5-6(7-2)3-4-8-5;1-2/h3-4,7H,1-2H3;1-2H3. The van der Waals surface area contributed by atoms with Crippen molar-refractivity contribution in [2.24, 2.45) is 0 Å². The van der Waals surface area contributed by atoms with E-state index in [1.165, 1.54) is 0 Å². The lowest BCUT2D eigenvalue weighted by Crippen LogP contribution is -1.85. The molecular weight excluding hydrogens is 126 g/mol. The van der Waals surface area contributed by atoms with Crippen LogP contribution in [-0.4, -0.2) is 7.05 Å². The molecule has 1 aromatic rings. The minimum Gasteiger partial charge on any atom is -0.467 e. The van der Waals surface area contributed by atoms with Gasteiger partial charge < -0.3 is 9.73 Å². The van der Waals surface area contributed by atoms with Crippen LogP contribution in [0.3, 0.4) is 0 Å². The van der Waals surface area contributed by atoms with Crippen molar-refractivity contribution in [3.05, 3.63) is 18.1 Å². The van der Waals surface area contributed by atoms with Gasteiger partial charge in [-0.1, -0.05) is 13.8 Å². The molecule has 0 saturated heterocycles. The average Bonchev–Trinajstić information content (AvgIpc) is 2.39. The summed E-state index contributed by atoms with van der Waals surface area (Å²) in [6.45, 7) is 5.92. The zero-order valence-corrected chi connectivity index (χ0v) is 7.06. The molecule has 0 aliphatic carbocycles. The first kappa shape index (κ1) is 9.08. The summed E-state index contributed by atoms with van der Waals surface area (Å²) < 4.78 is 4.99. The van der Waals surface area contributed by atoms with Crippen LogP contribution < -0.4 is 5.32 Å². The molecule has 58 valence electrons. The number of anilines is 1. The number of rotatable bonds is 1. The molecule has 0 fully saturated rings. The zero-order valence-electron chi connectivity index (χ0n) is 7.06. The van der Waals surface area contributed by atoms with E-state index in [4.69, 9.17) is 4.42 Å². The molecule has 0 unspecified atom stereocenters. The quantitative estimate of drug-likeness (QED) is 0.650. The van der Waals surface area contributed by atoms with Crippen LogP contribution in [0.15, 0.2) is 16.7 Å². The van der Waals surface area contributed by atoms with E-state index in [0.717, 1.165) is 11.4 Å². The fourth-order valence-electron chi connectivity index (χ4n) is 0.644. The minimum atomic E-state index is 0.938. The van der Waals surface area contributed by atoms with E-state index in [0.29, 0.717) is 0 Å². The van der Waals surface area contributed by atoms with Gasteiger partial charge in [-0.3, -0.25) is 0 Å². The molecule has 0 amide bonds. The molecule has 2 heteroatoms. The maximum Gasteiger partial charge on any atom is 0.123 e. The molecule has 10 heavy (non-hydrogen) atoms. The average molecular weight is 141 g/mol. The highest BCUT2D eigenvalue weighted by molar-refractivity contribution is 5.44. The molecule has 1 heterocycles. The molecule has 0 aliphatic rings. The lowest BCUT2D eigenvalue weighted by Gasteiger charge is -1.91. The summed E-state index contributed by atoms with van der Waals surface area (Å²) in [5, 5.41) is 2.98. The van der Waals surface area contributed by atoms with Gasteiger partial charge >= 0.3 is 0 Å². The largest absolute Gasteiger partial charge is 0.467 e. The summed E-state index contributed by atoms with van der Waals surface area (Å²) in [5.41, 5.74) is 1.06. The molecule has 0 radical (unpaired) electrons. The highest BCUT2D eigenvalue weighted by Crippen LogP contribution is 2.12. The van der Waals surface area contributed by atoms with Gasteiger partial charge in [0, 0.05) is 7.05 Å². The van der Waals surface area contributed by atoms with Gasteiger partial charge in [-0.25, -0.2) is 0 Å². The van der Waals surface area contributed by atoms with Crippen molar-refractivity contribution in [2.45, 2.75) is 20.8 Å². The van der Waals surface area contributed by atoms with Gasteiger partial charge in [0.05, 0.1) is 12.0 Å². The Balaban J connectivity index is 0.000000371. The zero-order chi connectivity index (χ0) is 7.98. The van der Waals surface area contributed by atoms with E-state index in [1.807, 2.05) is 33.9 Å². The topological polar surface area (TPSA) is 25.2 Å². The van der Waals surface area contributed by atoms with Crippen molar-refractivity contribution < 1.29 is 4.42 Å². The van der Waals surface area contributed by atoms with E-state index >= 15 is 0 Å². The normalized spacial score (nSPS) is 8.00. The number of nitrogens with one attached hydrogen (secondary N) is 1. The second-order valence-corrected chi connectivity index (χ2v) is 1.64.